The summed E-state index contributed by atoms with van der Waals surface area (Å²) in [5, 5.41) is 27.4. The smallest absolute Gasteiger partial charge is 0.335 e. The highest BCUT2D eigenvalue weighted by atomic mass is 19.2. The number of carbonyl (C=O) groups is 1. The minimum atomic E-state index is -1.80. The maximum atomic E-state index is 15.9. The van der Waals surface area contributed by atoms with Crippen molar-refractivity contribution in [3.8, 4) is 5.69 Å². The number of rotatable bonds is 4. The van der Waals surface area contributed by atoms with E-state index in [-0.39, 0.29) is 30.2 Å². The van der Waals surface area contributed by atoms with E-state index in [1.54, 1.807) is 10.6 Å². The third-order valence-electron chi connectivity index (χ3n) is 7.01. The lowest BCUT2D eigenvalue weighted by molar-refractivity contribution is -0.162. The molecule has 2 aromatic carbocycles. The monoisotopic (exact) mass is 471 g/mol. The lowest BCUT2D eigenvalue weighted by Gasteiger charge is -2.33. The number of carboxylic acid groups (broad SMARTS) is 1. The number of aliphatic carboxylic acids is 1. The number of hydrogen-bond acceptors (Lipinski definition) is 3. The van der Waals surface area contributed by atoms with Gasteiger partial charge in [-0.15, -0.1) is 0 Å². The first-order chi connectivity index (χ1) is 16.1. The molecule has 0 spiro atoms. The first kappa shape index (κ1) is 22.5. The number of aromatic amines is 1. The van der Waals surface area contributed by atoms with Gasteiger partial charge in [0.05, 0.1) is 11.7 Å². The van der Waals surface area contributed by atoms with Crippen LogP contribution >= 0.6 is 0 Å². The highest BCUT2D eigenvalue weighted by Crippen LogP contribution is 2.47. The number of H-pyrrole nitrogens is 1. The highest BCUT2D eigenvalue weighted by molar-refractivity contribution is 5.99. The molecule has 1 aliphatic rings. The van der Waals surface area contributed by atoms with Gasteiger partial charge >= 0.3 is 5.97 Å². The van der Waals surface area contributed by atoms with Gasteiger partial charge in [-0.1, -0.05) is 13.8 Å². The molecule has 0 bridgehead atoms. The zero-order chi connectivity index (χ0) is 24.4. The number of carboxylic acids is 1. The topological polar surface area (TPSA) is 91.1 Å². The summed E-state index contributed by atoms with van der Waals surface area (Å²) in [7, 11) is 0. The Morgan fingerprint density at radius 2 is 1.88 bits per heavy atom. The van der Waals surface area contributed by atoms with Gasteiger partial charge in [0, 0.05) is 28.2 Å². The fraction of sp³-hybridized carbons (Fsp3) is 0.360. The lowest BCUT2D eigenvalue weighted by atomic mass is 9.74. The van der Waals surface area contributed by atoms with Crippen LogP contribution in [-0.2, 0) is 4.79 Å². The predicted molar refractivity (Wildman–Crippen MR) is 121 cm³/mol. The second-order valence-electron chi connectivity index (χ2n) is 9.42. The Morgan fingerprint density at radius 3 is 2.50 bits per heavy atom. The number of benzene rings is 2. The van der Waals surface area contributed by atoms with Crippen molar-refractivity contribution in [3.63, 3.8) is 0 Å². The minimum Gasteiger partial charge on any atom is -0.479 e. The molecule has 0 saturated heterocycles. The number of aromatic nitrogens is 3. The van der Waals surface area contributed by atoms with E-state index < -0.39 is 29.0 Å². The summed E-state index contributed by atoms with van der Waals surface area (Å²) in [5.41, 5.74) is 0.739. The molecule has 0 amide bonds. The van der Waals surface area contributed by atoms with Gasteiger partial charge in [-0.25, -0.2) is 18.0 Å². The largest absolute Gasteiger partial charge is 0.479 e. The maximum absolute atomic E-state index is 15.9. The van der Waals surface area contributed by atoms with Crippen molar-refractivity contribution in [2.24, 2.45) is 0 Å². The Kier molecular flexibility index (Phi) is 5.20. The summed E-state index contributed by atoms with van der Waals surface area (Å²) in [6.07, 6.45) is 2.27. The van der Waals surface area contributed by atoms with Crippen LogP contribution in [0.1, 0.15) is 62.6 Å². The molecule has 1 aliphatic carbocycles. The normalized spacial score (nSPS) is 21.1. The molecule has 3 N–H and O–H groups in total. The molecule has 2 aromatic heterocycles. The van der Waals surface area contributed by atoms with Crippen molar-refractivity contribution < 1.29 is 28.2 Å². The lowest BCUT2D eigenvalue weighted by Crippen LogP contribution is -2.41. The minimum absolute atomic E-state index is 0.0380. The van der Waals surface area contributed by atoms with E-state index in [0.29, 0.717) is 40.4 Å². The summed E-state index contributed by atoms with van der Waals surface area (Å²) in [5.74, 6) is -4.08. The van der Waals surface area contributed by atoms with Gasteiger partial charge in [0.25, 0.3) is 0 Å². The Balaban J connectivity index is 1.82. The van der Waals surface area contributed by atoms with Crippen LogP contribution in [0.15, 0.2) is 30.5 Å². The molecular formula is C25H24F3N3O3. The summed E-state index contributed by atoms with van der Waals surface area (Å²) in [4.78, 5) is 11.5. The molecule has 34 heavy (non-hydrogen) atoms. The molecule has 2 heterocycles. The fourth-order valence-electron chi connectivity index (χ4n) is 5.33. The van der Waals surface area contributed by atoms with E-state index in [9.17, 15) is 23.8 Å². The summed E-state index contributed by atoms with van der Waals surface area (Å²) in [6.45, 7) is 3.88. The number of fused-ring (bicyclic) bond motifs is 2. The van der Waals surface area contributed by atoms with Crippen LogP contribution in [0.4, 0.5) is 13.2 Å². The summed E-state index contributed by atoms with van der Waals surface area (Å²) >= 11 is 0. The third-order valence-corrected chi connectivity index (χ3v) is 7.01. The van der Waals surface area contributed by atoms with Gasteiger partial charge in [-0.05, 0) is 61.3 Å². The average molecular weight is 471 g/mol. The maximum Gasteiger partial charge on any atom is 0.335 e. The van der Waals surface area contributed by atoms with Crippen LogP contribution in [-0.4, -0.2) is 36.5 Å². The molecule has 1 saturated carbocycles. The number of halogens is 3. The van der Waals surface area contributed by atoms with Crippen LogP contribution in [0.2, 0.25) is 0 Å². The average Bonchev–Trinajstić information content (AvgIpc) is 3.39. The summed E-state index contributed by atoms with van der Waals surface area (Å²) < 4.78 is 45.7. The molecule has 9 heteroatoms. The van der Waals surface area contributed by atoms with E-state index in [2.05, 4.69) is 10.2 Å². The van der Waals surface area contributed by atoms with Crippen molar-refractivity contribution in [2.75, 3.05) is 0 Å². The number of aliphatic hydroxyl groups is 1. The van der Waals surface area contributed by atoms with Crippen molar-refractivity contribution in [2.45, 2.75) is 57.0 Å². The molecule has 4 aromatic rings. The molecule has 0 atom stereocenters. The number of nitrogens with one attached hydrogen (secondary N) is 1. The van der Waals surface area contributed by atoms with Crippen LogP contribution in [0.3, 0.4) is 0 Å². The fourth-order valence-corrected chi connectivity index (χ4v) is 5.33. The number of nitrogens with zero attached hydrogens (tertiary/aromatic N) is 2. The Hall–Kier alpha value is -3.33. The summed E-state index contributed by atoms with van der Waals surface area (Å²) in [6, 6.07) is 5.35. The van der Waals surface area contributed by atoms with Gasteiger partial charge in [-0.2, -0.15) is 5.10 Å². The van der Waals surface area contributed by atoms with E-state index in [0.717, 1.165) is 17.8 Å². The molecule has 1 fully saturated rings. The Labute approximate surface area is 193 Å². The molecule has 0 unspecified atom stereocenters. The van der Waals surface area contributed by atoms with Crippen molar-refractivity contribution in [1.29, 1.82) is 0 Å². The van der Waals surface area contributed by atoms with E-state index in [1.165, 1.54) is 12.3 Å². The molecule has 6 nitrogen and oxygen atoms in total. The predicted octanol–water partition coefficient (Wildman–Crippen LogP) is 5.52. The first-order valence-electron chi connectivity index (χ1n) is 11.2. The van der Waals surface area contributed by atoms with Crippen LogP contribution in [0.25, 0.3) is 27.5 Å². The molecule has 178 valence electrons. The highest BCUT2D eigenvalue weighted by Gasteiger charge is 2.42. The Morgan fingerprint density at radius 1 is 1.18 bits per heavy atom. The van der Waals surface area contributed by atoms with Gasteiger partial charge in [-0.3, -0.25) is 5.10 Å². The SMILES string of the molecule is CC(C)c1c([C@H]2CC[C@](O)(C(=O)O)CC2)c2c(F)c3[nH]ncc3cc2n1-c1ccc(F)c(F)c1. The van der Waals surface area contributed by atoms with Gasteiger partial charge < -0.3 is 14.8 Å². The standard InChI is InChI=1S/C25H24F3N3O3/c1-12(2)23-19(13-5-7-25(34,8-6-13)24(32)33)20-18(9-14-11-29-30-22(14)21(20)28)31(23)15-3-4-16(26)17(27)10-15/h3-4,9-13,34H,5-8H2,1-2H3,(H,29,30)(H,32,33)/t13-,25+. The van der Waals surface area contributed by atoms with E-state index in [1.807, 2.05) is 13.8 Å². The quantitative estimate of drug-likeness (QED) is 0.366. The molecular weight excluding hydrogens is 447 g/mol. The first-order valence-corrected chi connectivity index (χ1v) is 11.2. The molecule has 5 rings (SSSR count). The van der Waals surface area contributed by atoms with Crippen LogP contribution in [0, 0.1) is 17.5 Å². The molecule has 0 aliphatic heterocycles. The van der Waals surface area contributed by atoms with Gasteiger partial charge in [0.15, 0.2) is 23.1 Å². The van der Waals surface area contributed by atoms with E-state index in [4.69, 9.17) is 0 Å². The van der Waals surface area contributed by atoms with Gasteiger partial charge in [0.2, 0.25) is 0 Å². The van der Waals surface area contributed by atoms with Crippen molar-refractivity contribution in [3.05, 3.63) is 59.2 Å². The third kappa shape index (κ3) is 3.29. The second kappa shape index (κ2) is 7.87. The number of hydrogen-bond donors (Lipinski definition) is 3. The van der Waals surface area contributed by atoms with Gasteiger partial charge in [0.1, 0.15) is 5.52 Å². The van der Waals surface area contributed by atoms with E-state index >= 15 is 4.39 Å². The van der Waals surface area contributed by atoms with Crippen LogP contribution in [0.5, 0.6) is 0 Å². The molecule has 0 radical (unpaired) electrons. The van der Waals surface area contributed by atoms with Crippen LogP contribution < -0.4 is 0 Å². The zero-order valence-electron chi connectivity index (χ0n) is 18.7. The second-order valence-corrected chi connectivity index (χ2v) is 9.42. The zero-order valence-corrected chi connectivity index (χ0v) is 18.7. The van der Waals surface area contributed by atoms with Crippen molar-refractivity contribution in [1.82, 2.24) is 14.8 Å². The Bertz CT molecular complexity index is 1430. The van der Waals surface area contributed by atoms with Crippen molar-refractivity contribution >= 4 is 27.8 Å².